The highest BCUT2D eigenvalue weighted by atomic mass is 16.5. The molecule has 0 aromatic heterocycles. The normalized spacial score (nSPS) is 47.0. The number of nitriles is 1. The van der Waals surface area contributed by atoms with E-state index in [0.717, 1.165) is 31.3 Å². The van der Waals surface area contributed by atoms with Crippen LogP contribution in [0.4, 0.5) is 0 Å². The minimum absolute atomic E-state index is 0.203. The van der Waals surface area contributed by atoms with Gasteiger partial charge in [0.05, 0.1) is 17.6 Å². The maximum atomic E-state index is 9.58. The fourth-order valence-corrected chi connectivity index (χ4v) is 6.95. The maximum Gasteiger partial charge on any atom is 0.0723 e. The monoisotopic (exact) mass is 323 g/mol. The van der Waals surface area contributed by atoms with Crippen molar-refractivity contribution in [3.8, 4) is 6.07 Å². The van der Waals surface area contributed by atoms with Crippen LogP contribution in [0.5, 0.6) is 0 Å². The van der Waals surface area contributed by atoms with Gasteiger partial charge in [0.15, 0.2) is 0 Å². The van der Waals surface area contributed by atoms with Crippen molar-refractivity contribution in [1.82, 2.24) is 0 Å². The Hall–Kier alpha value is -1.07. The van der Waals surface area contributed by atoms with E-state index in [1.165, 1.54) is 51.4 Å². The summed E-state index contributed by atoms with van der Waals surface area (Å²) in [5.41, 5.74) is 5.59. The van der Waals surface area contributed by atoms with Gasteiger partial charge in [0, 0.05) is 6.61 Å². The van der Waals surface area contributed by atoms with Gasteiger partial charge in [-0.15, -0.1) is 0 Å². The molecule has 0 aromatic carbocycles. The highest BCUT2D eigenvalue weighted by Crippen LogP contribution is 2.61. The van der Waals surface area contributed by atoms with Gasteiger partial charge >= 0.3 is 0 Å². The van der Waals surface area contributed by atoms with Crippen LogP contribution < -0.4 is 0 Å². The lowest BCUT2D eigenvalue weighted by atomic mass is 9.57. The average Bonchev–Trinajstić information content (AvgIpc) is 3.18. The molecule has 5 aliphatic rings. The lowest BCUT2D eigenvalue weighted by Gasteiger charge is -2.48. The minimum atomic E-state index is 0.203. The fourth-order valence-electron chi connectivity index (χ4n) is 6.95. The number of hydrogen-bond acceptors (Lipinski definition) is 2. The number of allylic oxidation sites excluding steroid dienone is 3. The van der Waals surface area contributed by atoms with Gasteiger partial charge in [-0.1, -0.05) is 18.6 Å². The quantitative estimate of drug-likeness (QED) is 0.605. The first kappa shape index (κ1) is 15.2. The van der Waals surface area contributed by atoms with Crippen molar-refractivity contribution in [2.75, 3.05) is 6.61 Å². The number of fused-ring (bicyclic) bond motifs is 4. The second-order valence-corrected chi connectivity index (χ2v) is 9.27. The summed E-state index contributed by atoms with van der Waals surface area (Å²) in [5.74, 6) is 1.76. The number of ether oxygens (including phenoxy) is 1. The van der Waals surface area contributed by atoms with E-state index in [-0.39, 0.29) is 16.9 Å². The molecule has 0 N–H and O–H groups in total. The van der Waals surface area contributed by atoms with Gasteiger partial charge in [-0.05, 0) is 92.6 Å². The molecule has 2 nitrogen and oxygen atoms in total. The SMILES string of the molecule is CC12CC=C3C4=C(CCC3C1CCC2C#N)CC1(CCCO1)CC4. The summed E-state index contributed by atoms with van der Waals surface area (Å²) in [4.78, 5) is 0. The van der Waals surface area contributed by atoms with Gasteiger partial charge in [0.25, 0.3) is 0 Å². The van der Waals surface area contributed by atoms with E-state index in [1.54, 1.807) is 16.7 Å². The zero-order chi connectivity index (χ0) is 16.4. The Morgan fingerprint density at radius 2 is 2.12 bits per heavy atom. The van der Waals surface area contributed by atoms with E-state index < -0.39 is 0 Å². The molecule has 2 heteroatoms. The van der Waals surface area contributed by atoms with Gasteiger partial charge in [0.1, 0.15) is 0 Å². The summed E-state index contributed by atoms with van der Waals surface area (Å²) in [5, 5.41) is 9.58. The number of nitrogens with zero attached hydrogens (tertiary/aromatic N) is 1. The third-order valence-corrected chi connectivity index (χ3v) is 8.30. The molecule has 0 amide bonds. The van der Waals surface area contributed by atoms with Crippen molar-refractivity contribution < 1.29 is 4.74 Å². The van der Waals surface area contributed by atoms with Crippen molar-refractivity contribution in [1.29, 1.82) is 5.26 Å². The van der Waals surface area contributed by atoms with Gasteiger partial charge in [-0.2, -0.15) is 5.26 Å². The first-order valence-corrected chi connectivity index (χ1v) is 10.1. The smallest absolute Gasteiger partial charge is 0.0723 e. The highest BCUT2D eigenvalue weighted by Gasteiger charge is 2.53. The van der Waals surface area contributed by atoms with E-state index in [1.807, 2.05) is 0 Å². The maximum absolute atomic E-state index is 9.58. The summed E-state index contributed by atoms with van der Waals surface area (Å²) in [6, 6.07) is 2.63. The Labute approximate surface area is 146 Å². The van der Waals surface area contributed by atoms with E-state index in [9.17, 15) is 5.26 Å². The molecular weight excluding hydrogens is 294 g/mol. The molecule has 1 spiro atoms. The van der Waals surface area contributed by atoms with Crippen LogP contribution >= 0.6 is 0 Å². The van der Waals surface area contributed by atoms with Crippen LogP contribution in [-0.2, 0) is 4.74 Å². The highest BCUT2D eigenvalue weighted by molar-refractivity contribution is 5.45. The molecule has 4 aliphatic carbocycles. The third-order valence-electron chi connectivity index (χ3n) is 8.30. The van der Waals surface area contributed by atoms with E-state index >= 15 is 0 Å². The molecule has 24 heavy (non-hydrogen) atoms. The van der Waals surface area contributed by atoms with Crippen molar-refractivity contribution in [2.45, 2.75) is 76.7 Å². The summed E-state index contributed by atoms with van der Waals surface area (Å²) in [6.07, 6.45) is 14.9. The van der Waals surface area contributed by atoms with Crippen molar-refractivity contribution >= 4 is 0 Å². The Bertz CT molecular complexity index is 660. The second-order valence-electron chi connectivity index (χ2n) is 9.27. The Kier molecular flexibility index (Phi) is 3.30. The summed E-state index contributed by atoms with van der Waals surface area (Å²) >= 11 is 0. The molecule has 1 saturated carbocycles. The number of hydrogen-bond donors (Lipinski definition) is 0. The summed E-state index contributed by atoms with van der Waals surface area (Å²) in [7, 11) is 0. The van der Waals surface area contributed by atoms with Crippen LogP contribution in [0.1, 0.15) is 71.1 Å². The Morgan fingerprint density at radius 3 is 2.92 bits per heavy atom. The van der Waals surface area contributed by atoms with Gasteiger partial charge in [-0.3, -0.25) is 0 Å². The Morgan fingerprint density at radius 1 is 1.21 bits per heavy atom. The van der Waals surface area contributed by atoms with Gasteiger partial charge < -0.3 is 4.74 Å². The van der Waals surface area contributed by atoms with E-state index in [2.05, 4.69) is 19.1 Å². The van der Waals surface area contributed by atoms with Crippen LogP contribution in [0.3, 0.4) is 0 Å². The summed E-state index contributed by atoms with van der Waals surface area (Å²) < 4.78 is 6.19. The fraction of sp³-hybridized carbons (Fsp3) is 0.773. The van der Waals surface area contributed by atoms with Crippen LogP contribution in [0.15, 0.2) is 22.8 Å². The van der Waals surface area contributed by atoms with Gasteiger partial charge in [-0.25, -0.2) is 0 Å². The van der Waals surface area contributed by atoms with Crippen molar-refractivity contribution in [3.05, 3.63) is 22.8 Å². The molecule has 5 unspecified atom stereocenters. The number of rotatable bonds is 0. The topological polar surface area (TPSA) is 33.0 Å². The largest absolute Gasteiger partial charge is 0.375 e. The van der Waals surface area contributed by atoms with E-state index in [4.69, 9.17) is 4.74 Å². The molecule has 0 radical (unpaired) electrons. The molecular formula is C22H29NO. The predicted octanol–water partition coefficient (Wildman–Crippen LogP) is 5.31. The molecule has 1 aliphatic heterocycles. The van der Waals surface area contributed by atoms with Crippen LogP contribution in [0.2, 0.25) is 0 Å². The van der Waals surface area contributed by atoms with Crippen LogP contribution in [0.25, 0.3) is 0 Å². The van der Waals surface area contributed by atoms with Crippen molar-refractivity contribution in [2.24, 2.45) is 23.2 Å². The molecule has 128 valence electrons. The minimum Gasteiger partial charge on any atom is -0.375 e. The third kappa shape index (κ3) is 1.97. The standard InChI is InChI=1S/C22H29NO/c1-21-10-7-18-17-8-11-22(9-2-12-24-22)13-15(17)3-5-19(18)20(21)6-4-16(21)14-23/h7,16,19-20H,2-6,8-13H2,1H3. The zero-order valence-corrected chi connectivity index (χ0v) is 14.9. The zero-order valence-electron chi connectivity index (χ0n) is 14.9. The van der Waals surface area contributed by atoms with Crippen molar-refractivity contribution in [3.63, 3.8) is 0 Å². The Balaban J connectivity index is 1.48. The lowest BCUT2D eigenvalue weighted by Crippen LogP contribution is -2.40. The molecule has 1 heterocycles. The first-order valence-electron chi connectivity index (χ1n) is 10.1. The predicted molar refractivity (Wildman–Crippen MR) is 94.2 cm³/mol. The lowest BCUT2D eigenvalue weighted by molar-refractivity contribution is -0.00839. The van der Waals surface area contributed by atoms with Gasteiger partial charge in [0.2, 0.25) is 0 Å². The second kappa shape index (κ2) is 5.21. The van der Waals surface area contributed by atoms with Crippen LogP contribution in [0, 0.1) is 34.5 Å². The molecule has 0 aromatic rings. The van der Waals surface area contributed by atoms with E-state index in [0.29, 0.717) is 0 Å². The molecule has 2 fully saturated rings. The van der Waals surface area contributed by atoms with Crippen LogP contribution in [-0.4, -0.2) is 12.2 Å². The first-order chi connectivity index (χ1) is 11.7. The molecule has 1 saturated heterocycles. The average molecular weight is 323 g/mol. The molecule has 0 bridgehead atoms. The molecule has 5 rings (SSSR count). The summed E-state index contributed by atoms with van der Waals surface area (Å²) in [6.45, 7) is 3.38. The molecule has 5 atom stereocenters.